The summed E-state index contributed by atoms with van der Waals surface area (Å²) < 4.78 is 0. The zero-order valence-electron chi connectivity index (χ0n) is 13.0. The third-order valence-corrected chi connectivity index (χ3v) is 5.37. The Morgan fingerprint density at radius 3 is 2.52 bits per heavy atom. The maximum atomic E-state index is 12.6. The fraction of sp³-hybridized carbons (Fsp3) is 0.316. The van der Waals surface area contributed by atoms with Crippen LogP contribution < -0.4 is 0 Å². The number of nitrogens with zero attached hydrogens (tertiary/aromatic N) is 1. The van der Waals surface area contributed by atoms with E-state index in [0.29, 0.717) is 0 Å². The Hall–Kier alpha value is -1.45. The molecule has 0 N–H and O–H groups in total. The van der Waals surface area contributed by atoms with E-state index >= 15 is 0 Å². The molecular weight excluding hydrogens is 326 g/mol. The first-order chi connectivity index (χ1) is 11.2. The van der Waals surface area contributed by atoms with Gasteiger partial charge in [0.05, 0.1) is 0 Å². The number of piperidine rings is 1. The number of amides is 1. The van der Waals surface area contributed by atoms with Crippen LogP contribution in [0.5, 0.6) is 0 Å². The van der Waals surface area contributed by atoms with Gasteiger partial charge < -0.3 is 4.90 Å². The maximum Gasteiger partial charge on any atom is 0.253 e. The van der Waals surface area contributed by atoms with Crippen molar-refractivity contribution in [1.82, 2.24) is 4.90 Å². The Balaban J connectivity index is 1.64. The lowest BCUT2D eigenvalue weighted by atomic mass is 10.1. The normalized spacial score (nSPS) is 14.7. The molecule has 1 amide bonds. The van der Waals surface area contributed by atoms with Crippen molar-refractivity contribution in [3.63, 3.8) is 0 Å². The first-order valence-corrected chi connectivity index (χ1v) is 9.35. The molecule has 2 aromatic rings. The summed E-state index contributed by atoms with van der Waals surface area (Å²) in [6.07, 6.45) is 3.48. The number of hydrogen-bond donors (Lipinski definition) is 0. The Kier molecular flexibility index (Phi) is 5.63. The molecule has 1 saturated heterocycles. The molecule has 1 heterocycles. The molecule has 0 saturated carbocycles. The van der Waals surface area contributed by atoms with Crippen LogP contribution >= 0.6 is 23.4 Å². The average Bonchev–Trinajstić information content (AvgIpc) is 2.61. The SMILES string of the molecule is O=C(c1cccc(CSc2ccc(Cl)cc2)c1)N1CCCCC1. The van der Waals surface area contributed by atoms with Gasteiger partial charge in [-0.1, -0.05) is 23.7 Å². The summed E-state index contributed by atoms with van der Waals surface area (Å²) in [5, 5.41) is 0.753. The quantitative estimate of drug-likeness (QED) is 0.704. The first kappa shape index (κ1) is 16.4. The topological polar surface area (TPSA) is 20.3 Å². The highest BCUT2D eigenvalue weighted by Gasteiger charge is 2.18. The molecule has 1 aliphatic rings. The highest BCUT2D eigenvalue weighted by molar-refractivity contribution is 7.98. The minimum atomic E-state index is 0.169. The predicted molar refractivity (Wildman–Crippen MR) is 97.2 cm³/mol. The van der Waals surface area contributed by atoms with Crippen LogP contribution in [0, 0.1) is 0 Å². The van der Waals surface area contributed by atoms with Gasteiger partial charge in [0.25, 0.3) is 5.91 Å². The number of benzene rings is 2. The van der Waals surface area contributed by atoms with Gasteiger partial charge in [-0.2, -0.15) is 0 Å². The van der Waals surface area contributed by atoms with E-state index in [-0.39, 0.29) is 5.91 Å². The van der Waals surface area contributed by atoms with Crippen LogP contribution in [0.2, 0.25) is 5.02 Å². The van der Waals surface area contributed by atoms with E-state index in [2.05, 4.69) is 6.07 Å². The number of halogens is 1. The number of carbonyl (C=O) groups excluding carboxylic acids is 1. The minimum Gasteiger partial charge on any atom is -0.339 e. The molecule has 4 heteroatoms. The molecule has 2 aromatic carbocycles. The molecule has 0 aromatic heterocycles. The largest absolute Gasteiger partial charge is 0.339 e. The molecule has 120 valence electrons. The van der Waals surface area contributed by atoms with Gasteiger partial charge in [0, 0.05) is 34.3 Å². The molecule has 0 aliphatic carbocycles. The minimum absolute atomic E-state index is 0.169. The third-order valence-electron chi connectivity index (χ3n) is 4.04. The summed E-state index contributed by atoms with van der Waals surface area (Å²) in [6, 6.07) is 15.9. The average molecular weight is 346 g/mol. The highest BCUT2D eigenvalue weighted by atomic mass is 35.5. The number of thioether (sulfide) groups is 1. The van der Waals surface area contributed by atoms with Crippen molar-refractivity contribution in [3.05, 3.63) is 64.7 Å². The molecule has 0 bridgehead atoms. The van der Waals surface area contributed by atoms with E-state index in [4.69, 9.17) is 11.6 Å². The van der Waals surface area contributed by atoms with Gasteiger partial charge in [-0.05, 0) is 61.2 Å². The molecule has 0 unspecified atom stereocenters. The Morgan fingerprint density at radius 1 is 1.04 bits per heavy atom. The van der Waals surface area contributed by atoms with Crippen molar-refractivity contribution in [2.24, 2.45) is 0 Å². The van der Waals surface area contributed by atoms with E-state index in [1.54, 1.807) is 11.8 Å². The van der Waals surface area contributed by atoms with Crippen molar-refractivity contribution < 1.29 is 4.79 Å². The second kappa shape index (κ2) is 7.89. The van der Waals surface area contributed by atoms with E-state index in [1.165, 1.54) is 16.9 Å². The summed E-state index contributed by atoms with van der Waals surface area (Å²) >= 11 is 7.66. The molecule has 0 spiro atoms. The van der Waals surface area contributed by atoms with Crippen LogP contribution in [0.25, 0.3) is 0 Å². The van der Waals surface area contributed by atoms with Crippen molar-refractivity contribution in [2.75, 3.05) is 13.1 Å². The maximum absolute atomic E-state index is 12.6. The summed E-state index contributed by atoms with van der Waals surface area (Å²) in [4.78, 5) is 15.7. The third kappa shape index (κ3) is 4.52. The lowest BCUT2D eigenvalue weighted by molar-refractivity contribution is 0.0724. The fourth-order valence-corrected chi connectivity index (χ4v) is 3.74. The van der Waals surface area contributed by atoms with Gasteiger partial charge in [0.15, 0.2) is 0 Å². The predicted octanol–water partition coefficient (Wildman–Crippen LogP) is 5.26. The number of hydrogen-bond acceptors (Lipinski definition) is 2. The van der Waals surface area contributed by atoms with Gasteiger partial charge in [-0.25, -0.2) is 0 Å². The van der Waals surface area contributed by atoms with Crippen LogP contribution in [0.3, 0.4) is 0 Å². The smallest absolute Gasteiger partial charge is 0.253 e. The van der Waals surface area contributed by atoms with Crippen molar-refractivity contribution >= 4 is 29.3 Å². The van der Waals surface area contributed by atoms with Gasteiger partial charge in [-0.3, -0.25) is 4.79 Å². The van der Waals surface area contributed by atoms with Gasteiger partial charge >= 0.3 is 0 Å². The van der Waals surface area contributed by atoms with Crippen LogP contribution in [0.1, 0.15) is 35.2 Å². The lowest BCUT2D eigenvalue weighted by Gasteiger charge is -2.26. The molecule has 1 fully saturated rings. The monoisotopic (exact) mass is 345 g/mol. The van der Waals surface area contributed by atoms with Crippen molar-refractivity contribution in [1.29, 1.82) is 0 Å². The first-order valence-electron chi connectivity index (χ1n) is 7.99. The number of likely N-dealkylation sites (tertiary alicyclic amines) is 1. The summed E-state index contributed by atoms with van der Waals surface area (Å²) in [5.41, 5.74) is 1.98. The van der Waals surface area contributed by atoms with Gasteiger partial charge in [0.2, 0.25) is 0 Å². The van der Waals surface area contributed by atoms with Crippen LogP contribution in [0.15, 0.2) is 53.4 Å². The molecule has 2 nitrogen and oxygen atoms in total. The Bertz CT molecular complexity index is 665. The zero-order valence-corrected chi connectivity index (χ0v) is 14.6. The van der Waals surface area contributed by atoms with E-state index in [1.807, 2.05) is 47.4 Å². The number of carbonyl (C=O) groups is 1. The highest BCUT2D eigenvalue weighted by Crippen LogP contribution is 2.25. The standard InChI is InChI=1S/C19H20ClNOS/c20-17-7-9-18(10-8-17)23-14-15-5-4-6-16(13-15)19(22)21-11-2-1-3-12-21/h4-10,13H,1-3,11-12,14H2. The van der Waals surface area contributed by atoms with Crippen LogP contribution in [0.4, 0.5) is 0 Å². The molecule has 1 aliphatic heterocycles. The molecule has 0 atom stereocenters. The zero-order chi connectivity index (χ0) is 16.1. The van der Waals surface area contributed by atoms with E-state index in [9.17, 15) is 4.79 Å². The second-order valence-corrected chi connectivity index (χ2v) is 7.28. The van der Waals surface area contributed by atoms with Gasteiger partial charge in [0.1, 0.15) is 0 Å². The van der Waals surface area contributed by atoms with Crippen LogP contribution in [-0.2, 0) is 5.75 Å². The fourth-order valence-electron chi connectivity index (χ4n) is 2.77. The molecule has 23 heavy (non-hydrogen) atoms. The molecular formula is C19H20ClNOS. The Labute approximate surface area is 146 Å². The molecule has 3 rings (SSSR count). The summed E-state index contributed by atoms with van der Waals surface area (Å²) in [7, 11) is 0. The summed E-state index contributed by atoms with van der Waals surface area (Å²) in [6.45, 7) is 1.78. The lowest BCUT2D eigenvalue weighted by Crippen LogP contribution is -2.35. The van der Waals surface area contributed by atoms with Gasteiger partial charge in [-0.15, -0.1) is 11.8 Å². The van der Waals surface area contributed by atoms with E-state index in [0.717, 1.165) is 42.3 Å². The van der Waals surface area contributed by atoms with Crippen molar-refractivity contribution in [3.8, 4) is 0 Å². The Morgan fingerprint density at radius 2 is 1.78 bits per heavy atom. The second-order valence-electron chi connectivity index (χ2n) is 5.80. The number of rotatable bonds is 4. The summed E-state index contributed by atoms with van der Waals surface area (Å²) in [5.74, 6) is 1.02. The van der Waals surface area contributed by atoms with Crippen molar-refractivity contribution in [2.45, 2.75) is 29.9 Å². The van der Waals surface area contributed by atoms with E-state index < -0.39 is 0 Å². The van der Waals surface area contributed by atoms with Crippen LogP contribution in [-0.4, -0.2) is 23.9 Å². The molecule has 0 radical (unpaired) electrons.